The van der Waals surface area contributed by atoms with E-state index in [1.807, 2.05) is 0 Å². The van der Waals surface area contributed by atoms with Gasteiger partial charge in [0, 0.05) is 21.2 Å². The van der Waals surface area contributed by atoms with Gasteiger partial charge >= 0.3 is 0 Å². The van der Waals surface area contributed by atoms with Crippen molar-refractivity contribution >= 4 is 33.3 Å². The number of nitrogens with zero attached hydrogens (tertiary/aromatic N) is 1. The molecule has 1 aliphatic rings. The van der Waals surface area contributed by atoms with E-state index in [4.69, 9.17) is 10.5 Å². The van der Waals surface area contributed by atoms with Gasteiger partial charge in [-0.1, -0.05) is 0 Å². The molecule has 0 fully saturated rings. The van der Waals surface area contributed by atoms with Crippen LogP contribution in [0.2, 0.25) is 0 Å². The molecule has 0 amide bonds. The first-order chi connectivity index (χ1) is 6.60. The molecule has 1 aromatic heterocycles. The molecule has 2 rings (SSSR count). The van der Waals surface area contributed by atoms with Crippen LogP contribution < -0.4 is 5.73 Å². The largest absolute Gasteiger partial charge is 0.465 e. The van der Waals surface area contributed by atoms with E-state index in [1.54, 1.807) is 11.3 Å². The Bertz CT molecular complexity index is 377. The van der Waals surface area contributed by atoms with Gasteiger partial charge < -0.3 is 10.5 Å². The average Bonchev–Trinajstić information content (AvgIpc) is 2.52. The molecule has 0 aliphatic carbocycles. The third kappa shape index (κ3) is 1.79. The number of hydrogen-bond acceptors (Lipinski definition) is 4. The molecule has 1 aliphatic heterocycles. The monoisotopic (exact) mass is 274 g/mol. The first-order valence-electron chi connectivity index (χ1n) is 4.33. The molecule has 1 atom stereocenters. The number of amidine groups is 1. The van der Waals surface area contributed by atoms with Crippen LogP contribution in [-0.4, -0.2) is 12.6 Å². The highest BCUT2D eigenvalue weighted by Gasteiger charge is 2.31. The molecule has 0 radical (unpaired) electrons. The Balaban J connectivity index is 2.36. The van der Waals surface area contributed by atoms with Gasteiger partial charge in [0.15, 0.2) is 0 Å². The third-order valence-electron chi connectivity index (χ3n) is 2.29. The van der Waals surface area contributed by atoms with Gasteiger partial charge in [0.2, 0.25) is 0 Å². The molecule has 1 aromatic rings. The van der Waals surface area contributed by atoms with Crippen molar-refractivity contribution in [2.45, 2.75) is 18.9 Å². The van der Waals surface area contributed by atoms with E-state index in [9.17, 15) is 0 Å². The number of rotatable bonds is 1. The highest BCUT2D eigenvalue weighted by Crippen LogP contribution is 2.36. The second kappa shape index (κ2) is 3.55. The summed E-state index contributed by atoms with van der Waals surface area (Å²) in [5.41, 5.74) is 5.37. The van der Waals surface area contributed by atoms with E-state index >= 15 is 0 Å². The lowest BCUT2D eigenvalue weighted by atomic mass is 9.96. The normalized spacial score (nSPS) is 26.9. The molecular weight excluding hydrogens is 264 g/mol. The van der Waals surface area contributed by atoms with Crippen molar-refractivity contribution in [3.05, 3.63) is 20.8 Å². The van der Waals surface area contributed by atoms with Crippen molar-refractivity contribution in [3.8, 4) is 0 Å². The average molecular weight is 275 g/mol. The predicted octanol–water partition coefficient (Wildman–Crippen LogP) is 2.46. The van der Waals surface area contributed by atoms with Gasteiger partial charge in [0.25, 0.3) is 6.02 Å². The molecule has 0 saturated heterocycles. The molecule has 76 valence electrons. The van der Waals surface area contributed by atoms with E-state index in [0.717, 1.165) is 10.9 Å². The van der Waals surface area contributed by atoms with Gasteiger partial charge in [-0.15, -0.1) is 11.3 Å². The van der Waals surface area contributed by atoms with E-state index in [-0.39, 0.29) is 5.54 Å². The van der Waals surface area contributed by atoms with E-state index in [0.29, 0.717) is 12.6 Å². The lowest BCUT2D eigenvalue weighted by Crippen LogP contribution is -2.32. The zero-order valence-corrected chi connectivity index (χ0v) is 10.2. The first-order valence-corrected chi connectivity index (χ1v) is 6.00. The Morgan fingerprint density at radius 2 is 2.50 bits per heavy atom. The van der Waals surface area contributed by atoms with Crippen molar-refractivity contribution in [1.82, 2.24) is 0 Å². The maximum Gasteiger partial charge on any atom is 0.282 e. The fraction of sp³-hybridized carbons (Fsp3) is 0.444. The van der Waals surface area contributed by atoms with Crippen LogP contribution in [0.15, 0.2) is 20.9 Å². The van der Waals surface area contributed by atoms with Crippen molar-refractivity contribution in [3.63, 3.8) is 0 Å². The van der Waals surface area contributed by atoms with Crippen molar-refractivity contribution in [2.24, 2.45) is 10.7 Å². The molecular formula is C9H11BrN2OS. The number of nitrogens with two attached hydrogens (primary N) is 1. The second-order valence-electron chi connectivity index (χ2n) is 3.45. The quantitative estimate of drug-likeness (QED) is 0.855. The van der Waals surface area contributed by atoms with Crippen LogP contribution in [0.4, 0.5) is 0 Å². The van der Waals surface area contributed by atoms with Crippen LogP contribution in [-0.2, 0) is 10.3 Å². The van der Waals surface area contributed by atoms with Crippen LogP contribution in [0.25, 0.3) is 0 Å². The van der Waals surface area contributed by atoms with Crippen molar-refractivity contribution in [2.75, 3.05) is 6.61 Å². The summed E-state index contributed by atoms with van der Waals surface area (Å²) in [7, 11) is 0. The number of hydrogen-bond donors (Lipinski definition) is 1. The number of ether oxygens (including phenoxy) is 1. The molecule has 2 N–H and O–H groups in total. The minimum Gasteiger partial charge on any atom is -0.465 e. The maximum atomic E-state index is 5.58. The number of aliphatic imine (C=N–C) groups is 1. The van der Waals surface area contributed by atoms with Crippen LogP contribution in [0, 0.1) is 0 Å². The fourth-order valence-corrected chi connectivity index (χ4v) is 3.02. The van der Waals surface area contributed by atoms with Crippen molar-refractivity contribution in [1.29, 1.82) is 0 Å². The lowest BCUT2D eigenvalue weighted by molar-refractivity contribution is 0.220. The number of halogens is 1. The third-order valence-corrected chi connectivity index (χ3v) is 4.24. The second-order valence-corrected chi connectivity index (χ2v) is 5.28. The van der Waals surface area contributed by atoms with Gasteiger partial charge in [-0.2, -0.15) is 0 Å². The highest BCUT2D eigenvalue weighted by atomic mass is 79.9. The topological polar surface area (TPSA) is 47.6 Å². The predicted molar refractivity (Wildman–Crippen MR) is 61.6 cm³/mol. The molecule has 0 spiro atoms. The van der Waals surface area contributed by atoms with Crippen LogP contribution >= 0.6 is 27.3 Å². The Morgan fingerprint density at radius 1 is 1.71 bits per heavy atom. The van der Waals surface area contributed by atoms with Gasteiger partial charge in [-0.25, -0.2) is 4.99 Å². The SMILES string of the molecule is C[C@@]1(c2cc(Br)cs2)CCOC(N)=N1. The zero-order chi connectivity index (χ0) is 10.2. The maximum absolute atomic E-state index is 5.58. The summed E-state index contributed by atoms with van der Waals surface area (Å²) >= 11 is 5.13. The standard InChI is InChI=1S/C9H11BrN2OS/c1-9(2-3-13-8(11)12-9)7-4-6(10)5-14-7/h4-5H,2-3H2,1H3,(H2,11,12)/t9-/m0/s1. The molecule has 0 aromatic carbocycles. The molecule has 3 nitrogen and oxygen atoms in total. The van der Waals surface area contributed by atoms with Gasteiger partial charge in [-0.3, -0.25) is 0 Å². The lowest BCUT2D eigenvalue weighted by Gasteiger charge is -2.28. The summed E-state index contributed by atoms with van der Waals surface area (Å²) in [6, 6.07) is 2.38. The Labute approximate surface area is 95.1 Å². The summed E-state index contributed by atoms with van der Waals surface area (Å²) < 4.78 is 6.22. The minimum atomic E-state index is -0.209. The van der Waals surface area contributed by atoms with Crippen LogP contribution in [0.5, 0.6) is 0 Å². The molecule has 0 bridgehead atoms. The molecule has 2 heterocycles. The van der Waals surface area contributed by atoms with Gasteiger partial charge in [0.05, 0.1) is 6.61 Å². The van der Waals surface area contributed by atoms with Crippen molar-refractivity contribution < 1.29 is 4.74 Å². The molecule has 14 heavy (non-hydrogen) atoms. The number of thiophene rings is 1. The smallest absolute Gasteiger partial charge is 0.282 e. The Kier molecular flexibility index (Phi) is 2.53. The fourth-order valence-electron chi connectivity index (χ4n) is 1.46. The minimum absolute atomic E-state index is 0.209. The summed E-state index contributed by atoms with van der Waals surface area (Å²) in [4.78, 5) is 5.58. The first kappa shape index (κ1) is 9.98. The van der Waals surface area contributed by atoms with Crippen LogP contribution in [0.1, 0.15) is 18.2 Å². The molecule has 0 unspecified atom stereocenters. The van der Waals surface area contributed by atoms with Gasteiger partial charge in [-0.05, 0) is 28.9 Å². The Hall–Kier alpha value is -0.550. The Morgan fingerprint density at radius 3 is 3.07 bits per heavy atom. The summed E-state index contributed by atoms with van der Waals surface area (Å²) in [6.45, 7) is 2.72. The van der Waals surface area contributed by atoms with E-state index in [2.05, 4.69) is 39.3 Å². The van der Waals surface area contributed by atoms with E-state index in [1.165, 1.54) is 4.88 Å². The molecule has 0 saturated carbocycles. The highest BCUT2D eigenvalue weighted by molar-refractivity contribution is 9.10. The van der Waals surface area contributed by atoms with E-state index < -0.39 is 0 Å². The van der Waals surface area contributed by atoms with Gasteiger partial charge in [0.1, 0.15) is 5.54 Å². The molecule has 5 heteroatoms. The summed E-state index contributed by atoms with van der Waals surface area (Å²) in [5, 5.41) is 2.06. The van der Waals surface area contributed by atoms with Crippen LogP contribution in [0.3, 0.4) is 0 Å². The summed E-state index contributed by atoms with van der Waals surface area (Å²) in [5.74, 6) is 0. The summed E-state index contributed by atoms with van der Waals surface area (Å²) in [6.07, 6.45) is 0.876. The zero-order valence-electron chi connectivity index (χ0n) is 7.79.